The molecule has 0 N–H and O–H groups in total. The fraction of sp³-hybridized carbons (Fsp3) is 0. The average molecular weight is 419 g/mol. The summed E-state index contributed by atoms with van der Waals surface area (Å²) < 4.78 is 0. The Labute approximate surface area is 122 Å². The summed E-state index contributed by atoms with van der Waals surface area (Å²) in [6.45, 7) is 0. The van der Waals surface area contributed by atoms with E-state index in [-0.39, 0.29) is 125 Å². The van der Waals surface area contributed by atoms with Gasteiger partial charge in [0.2, 0.25) is 0 Å². The van der Waals surface area contributed by atoms with Gasteiger partial charge in [-0.3, -0.25) is 0 Å². The molecule has 8 heteroatoms. The summed E-state index contributed by atoms with van der Waals surface area (Å²) in [6, 6.07) is 0. The van der Waals surface area contributed by atoms with Crippen LogP contribution in [0.5, 0.6) is 0 Å². The van der Waals surface area contributed by atoms with Crippen molar-refractivity contribution in [3.63, 3.8) is 0 Å². The first-order valence-electron chi connectivity index (χ1n) is 0. The van der Waals surface area contributed by atoms with Crippen molar-refractivity contribution >= 4 is 0 Å². The first-order chi connectivity index (χ1) is 0. The molecule has 0 amide bonds. The molecule has 0 aromatic carbocycles. The molecule has 0 aliphatic carbocycles. The summed E-state index contributed by atoms with van der Waals surface area (Å²) in [5.74, 6) is 0. The smallest absolute Gasteiger partial charge is 2.00 e. The quantitative estimate of drug-likeness (QED) is 0.495. The molecule has 0 aromatic rings. The van der Waals surface area contributed by atoms with Gasteiger partial charge in [-0.25, -0.2) is 0 Å². The fourth-order valence-corrected chi connectivity index (χ4v) is 0. The Morgan fingerprint density at radius 3 is 0.500 bits per heavy atom. The van der Waals surface area contributed by atoms with Gasteiger partial charge in [0.25, 0.3) is 0 Å². The second kappa shape index (κ2) is 87.8. The molecular formula is O5TbYZr. The molecule has 5 nitrogen and oxygen atoms in total. The number of hydrogen-bond donors (Lipinski definition) is 0. The molecule has 0 radical (unpaired) electrons. The molecule has 0 aliphatic heterocycles. The molecule has 0 atom stereocenters. The molecule has 8 heavy (non-hydrogen) atoms. The normalized spacial score (nSPS) is 0. The molecule has 0 unspecified atom stereocenters. The Morgan fingerprint density at radius 1 is 0.500 bits per heavy atom. The van der Waals surface area contributed by atoms with Crippen molar-refractivity contribution in [3.05, 3.63) is 0 Å². The SMILES string of the molecule is [O-2].[O-2].[O-2].[O-2].[O-2].[Tb+3].[Y+3].[Zr+4]. The largest absolute Gasteiger partial charge is 4.00 e. The van der Waals surface area contributed by atoms with Crippen LogP contribution in [0.4, 0.5) is 0 Å². The Morgan fingerprint density at radius 2 is 0.500 bits per heavy atom. The van der Waals surface area contributed by atoms with Crippen molar-refractivity contribution in [1.82, 2.24) is 0 Å². The number of hydrogen-bond acceptors (Lipinski definition) is 0. The van der Waals surface area contributed by atoms with E-state index in [0.29, 0.717) is 0 Å². The van der Waals surface area contributed by atoms with E-state index >= 15 is 0 Å². The molecule has 46 valence electrons. The summed E-state index contributed by atoms with van der Waals surface area (Å²) >= 11 is 0. The molecular weight excluding hydrogens is 419 g/mol. The van der Waals surface area contributed by atoms with Crippen molar-refractivity contribution in [3.8, 4) is 0 Å². The van der Waals surface area contributed by atoms with Crippen molar-refractivity contribution in [1.29, 1.82) is 0 Å². The van der Waals surface area contributed by atoms with E-state index in [1.165, 1.54) is 0 Å². The van der Waals surface area contributed by atoms with Gasteiger partial charge < -0.3 is 27.4 Å². The van der Waals surface area contributed by atoms with E-state index in [0.717, 1.165) is 0 Å². The molecule has 0 aromatic heterocycles. The van der Waals surface area contributed by atoms with Crippen LogP contribution >= 0.6 is 0 Å². The van der Waals surface area contributed by atoms with Crippen molar-refractivity contribution in [2.24, 2.45) is 0 Å². The van der Waals surface area contributed by atoms with Crippen LogP contribution < -0.4 is 0 Å². The van der Waals surface area contributed by atoms with Crippen LogP contribution in [0.15, 0.2) is 0 Å². The Balaban J connectivity index is 0. The second-order valence-corrected chi connectivity index (χ2v) is 0. The minimum atomic E-state index is 0. The van der Waals surface area contributed by atoms with Crippen LogP contribution in [-0.4, -0.2) is 0 Å². The molecule has 0 fully saturated rings. The number of rotatable bonds is 0. The van der Waals surface area contributed by atoms with Crippen LogP contribution in [0.1, 0.15) is 0 Å². The van der Waals surface area contributed by atoms with E-state index in [2.05, 4.69) is 0 Å². The van der Waals surface area contributed by atoms with E-state index in [9.17, 15) is 0 Å². The van der Waals surface area contributed by atoms with Gasteiger partial charge in [-0.2, -0.15) is 0 Å². The molecule has 0 saturated heterocycles. The van der Waals surface area contributed by atoms with Gasteiger partial charge in [0.1, 0.15) is 0 Å². The third-order valence-electron chi connectivity index (χ3n) is 0. The van der Waals surface area contributed by atoms with E-state index in [1.54, 1.807) is 0 Å². The third kappa shape index (κ3) is 62.6. The van der Waals surface area contributed by atoms with Crippen LogP contribution in [0.3, 0.4) is 0 Å². The zero-order valence-corrected chi connectivity index (χ0v) is 10.9. The van der Waals surface area contributed by atoms with Gasteiger partial charge in [-0.15, -0.1) is 0 Å². The molecule has 0 bridgehead atoms. The van der Waals surface area contributed by atoms with Gasteiger partial charge in [0, 0.05) is 0 Å². The van der Waals surface area contributed by atoms with Crippen molar-refractivity contribution in [2.45, 2.75) is 0 Å². The predicted molar refractivity (Wildman–Crippen MR) is 3.43 cm³/mol. The Kier molecular flexibility index (Phi) is 1310. The third-order valence-corrected chi connectivity index (χ3v) is 0. The van der Waals surface area contributed by atoms with Crippen molar-refractivity contribution < 1.29 is 125 Å². The molecule has 0 spiro atoms. The zero-order valence-electron chi connectivity index (χ0n) is 3.45. The maximum absolute atomic E-state index is 0. The van der Waals surface area contributed by atoms with Gasteiger partial charge in [-0.05, 0) is 0 Å². The predicted octanol–water partition coefficient (Wildman–Crippen LogP) is -0.599. The van der Waals surface area contributed by atoms with Crippen molar-refractivity contribution in [2.75, 3.05) is 0 Å². The Bertz CT molecular complexity index is 12.4. The summed E-state index contributed by atoms with van der Waals surface area (Å²) in [5, 5.41) is 0. The van der Waals surface area contributed by atoms with Crippen LogP contribution in [0.2, 0.25) is 0 Å². The molecule has 0 rings (SSSR count). The topological polar surface area (TPSA) is 142 Å². The minimum Gasteiger partial charge on any atom is -2.00 e. The van der Waals surface area contributed by atoms with E-state index in [1.807, 2.05) is 0 Å². The average Bonchev–Trinajstić information content (AvgIpc) is 0. The van der Waals surface area contributed by atoms with E-state index in [4.69, 9.17) is 0 Å². The molecule has 0 saturated carbocycles. The van der Waals surface area contributed by atoms with Gasteiger partial charge in [0.05, 0.1) is 0 Å². The van der Waals surface area contributed by atoms with Crippen LogP contribution in [0.25, 0.3) is 0 Å². The maximum Gasteiger partial charge on any atom is 4.00 e. The summed E-state index contributed by atoms with van der Waals surface area (Å²) in [6.07, 6.45) is 0. The first-order valence-corrected chi connectivity index (χ1v) is 0. The fourth-order valence-electron chi connectivity index (χ4n) is 0. The monoisotopic (exact) mass is 418 g/mol. The first kappa shape index (κ1) is 119. The molecule has 0 aliphatic rings. The Hall–Kier alpha value is 3.07. The van der Waals surface area contributed by atoms with Gasteiger partial charge in [0.15, 0.2) is 0 Å². The van der Waals surface area contributed by atoms with E-state index < -0.39 is 0 Å². The van der Waals surface area contributed by atoms with Gasteiger partial charge >= 0.3 is 97.5 Å². The maximum atomic E-state index is 0. The molecule has 0 heterocycles. The summed E-state index contributed by atoms with van der Waals surface area (Å²) in [7, 11) is 0. The second-order valence-electron chi connectivity index (χ2n) is 0. The minimum absolute atomic E-state index is 0. The summed E-state index contributed by atoms with van der Waals surface area (Å²) in [5.41, 5.74) is 0. The standard InChI is InChI=1S/5O.Tb.Y.Zr/q5*-2;2*+3;+4. The summed E-state index contributed by atoms with van der Waals surface area (Å²) in [4.78, 5) is 0. The van der Waals surface area contributed by atoms with Crippen LogP contribution in [-0.2, 0) is 86.3 Å². The van der Waals surface area contributed by atoms with Crippen LogP contribution in [0, 0.1) is 38.6 Å². The van der Waals surface area contributed by atoms with Gasteiger partial charge in [-0.1, -0.05) is 0 Å². The zero-order chi connectivity index (χ0) is 0.